The Morgan fingerprint density at radius 3 is 2.69 bits per heavy atom. The Bertz CT molecular complexity index is 296. The molecule has 0 unspecified atom stereocenters. The van der Waals surface area contributed by atoms with Crippen LogP contribution >= 0.6 is 11.6 Å². The van der Waals surface area contributed by atoms with E-state index in [1.54, 1.807) is 6.20 Å². The van der Waals surface area contributed by atoms with Crippen molar-refractivity contribution >= 4 is 17.9 Å². The largest absolute Gasteiger partial charge is 0.396 e. The van der Waals surface area contributed by atoms with Crippen LogP contribution in [0, 0.1) is 0 Å². The number of hydrogen-bond acceptors (Lipinski definition) is 4. The van der Waals surface area contributed by atoms with Crippen molar-refractivity contribution < 1.29 is 9.53 Å². The van der Waals surface area contributed by atoms with E-state index in [9.17, 15) is 4.79 Å². The molecule has 0 saturated carbocycles. The molecule has 1 saturated heterocycles. The molecule has 0 atom stereocenters. The van der Waals surface area contributed by atoms with Crippen LogP contribution < -0.4 is 5.73 Å². The lowest BCUT2D eigenvalue weighted by molar-refractivity contribution is -0.104. The van der Waals surface area contributed by atoms with Crippen molar-refractivity contribution in [3.8, 4) is 0 Å². The molecule has 5 heteroatoms. The second-order valence-corrected chi connectivity index (χ2v) is 4.22. The van der Waals surface area contributed by atoms with Gasteiger partial charge in [0.1, 0.15) is 0 Å². The number of rotatable bonds is 4. The first-order valence-electron chi connectivity index (χ1n) is 5.23. The van der Waals surface area contributed by atoms with E-state index < -0.39 is 0 Å². The van der Waals surface area contributed by atoms with E-state index in [4.69, 9.17) is 22.1 Å². The number of aldehydes is 1. The molecule has 1 fully saturated rings. The number of ether oxygens (including phenoxy) is 1. The molecular weight excluding hydrogens is 228 g/mol. The fraction of sp³-hybridized carbons (Fsp3) is 0.545. The molecule has 0 aromatic heterocycles. The topological polar surface area (TPSA) is 55.6 Å². The molecule has 0 spiro atoms. The summed E-state index contributed by atoms with van der Waals surface area (Å²) in [6.07, 6.45) is 5.79. The van der Waals surface area contributed by atoms with Gasteiger partial charge in [-0.25, -0.2) is 0 Å². The molecule has 0 aromatic rings. The van der Waals surface area contributed by atoms with Crippen LogP contribution in [0.4, 0.5) is 0 Å². The summed E-state index contributed by atoms with van der Waals surface area (Å²) in [6.45, 7) is 1.57. The maximum Gasteiger partial charge on any atom is 0.165 e. The fourth-order valence-electron chi connectivity index (χ4n) is 1.62. The van der Waals surface area contributed by atoms with E-state index in [-0.39, 0.29) is 5.70 Å². The Balaban J connectivity index is 2.56. The third kappa shape index (κ3) is 4.24. The van der Waals surface area contributed by atoms with Crippen LogP contribution in [0.3, 0.4) is 0 Å². The monoisotopic (exact) mass is 244 g/mol. The lowest BCUT2D eigenvalue weighted by Crippen LogP contribution is -2.33. The van der Waals surface area contributed by atoms with Crippen LogP contribution in [0.5, 0.6) is 0 Å². The zero-order valence-corrected chi connectivity index (χ0v) is 10.1. The molecule has 1 rings (SSSR count). The molecular formula is C11H17ClN2O2. The number of allylic oxidation sites excluding steroid dienone is 3. The van der Waals surface area contributed by atoms with Crippen LogP contribution in [0.15, 0.2) is 23.0 Å². The van der Waals surface area contributed by atoms with Crippen LogP contribution in [-0.4, -0.2) is 37.5 Å². The molecule has 0 radical (unpaired) electrons. The highest BCUT2D eigenvalue weighted by molar-refractivity contribution is 6.31. The highest BCUT2D eigenvalue weighted by Crippen LogP contribution is 2.15. The maximum atomic E-state index is 10.3. The summed E-state index contributed by atoms with van der Waals surface area (Å²) in [4.78, 5) is 12.4. The number of nitrogens with two attached hydrogens (primary N) is 1. The average Bonchev–Trinajstić information content (AvgIpc) is 2.29. The Morgan fingerprint density at radius 1 is 1.50 bits per heavy atom. The summed E-state index contributed by atoms with van der Waals surface area (Å²) >= 11 is 5.94. The van der Waals surface area contributed by atoms with Gasteiger partial charge in [0.2, 0.25) is 0 Å². The van der Waals surface area contributed by atoms with Gasteiger partial charge in [-0.2, -0.15) is 0 Å². The summed E-state index contributed by atoms with van der Waals surface area (Å²) < 4.78 is 5.28. The first-order chi connectivity index (χ1) is 7.63. The van der Waals surface area contributed by atoms with Crippen molar-refractivity contribution in [2.45, 2.75) is 18.9 Å². The number of nitrogens with zero attached hydrogens (tertiary/aromatic N) is 1. The van der Waals surface area contributed by atoms with Gasteiger partial charge in [-0.1, -0.05) is 11.6 Å². The minimum atomic E-state index is 0.127. The first kappa shape index (κ1) is 13.1. The second-order valence-electron chi connectivity index (χ2n) is 3.79. The third-order valence-electron chi connectivity index (χ3n) is 2.53. The summed E-state index contributed by atoms with van der Waals surface area (Å²) in [5, 5.41) is 0.457. The predicted molar refractivity (Wildman–Crippen MR) is 63.9 cm³/mol. The molecule has 90 valence electrons. The third-order valence-corrected chi connectivity index (χ3v) is 2.74. The first-order valence-corrected chi connectivity index (χ1v) is 5.60. The van der Waals surface area contributed by atoms with Gasteiger partial charge in [0, 0.05) is 32.5 Å². The van der Waals surface area contributed by atoms with Crippen LogP contribution in [-0.2, 0) is 9.53 Å². The van der Waals surface area contributed by atoms with Gasteiger partial charge >= 0.3 is 0 Å². The van der Waals surface area contributed by atoms with E-state index in [0.717, 1.165) is 26.1 Å². The van der Waals surface area contributed by atoms with Gasteiger partial charge < -0.3 is 15.4 Å². The van der Waals surface area contributed by atoms with Crippen molar-refractivity contribution in [3.63, 3.8) is 0 Å². The minimum absolute atomic E-state index is 0.127. The van der Waals surface area contributed by atoms with E-state index in [2.05, 4.69) is 0 Å². The number of carbonyl (C=O) groups is 1. The van der Waals surface area contributed by atoms with Crippen molar-refractivity contribution in [3.05, 3.63) is 23.0 Å². The van der Waals surface area contributed by atoms with Crippen molar-refractivity contribution in [2.24, 2.45) is 5.73 Å². The van der Waals surface area contributed by atoms with Crippen molar-refractivity contribution in [1.82, 2.24) is 4.90 Å². The van der Waals surface area contributed by atoms with Gasteiger partial charge in [0.15, 0.2) is 6.29 Å². The summed E-state index contributed by atoms with van der Waals surface area (Å²) in [6, 6.07) is 0.438. The molecule has 1 heterocycles. The lowest BCUT2D eigenvalue weighted by atomic mass is 10.1. The van der Waals surface area contributed by atoms with Crippen molar-refractivity contribution in [2.75, 3.05) is 20.3 Å². The number of halogens is 1. The van der Waals surface area contributed by atoms with E-state index in [1.165, 1.54) is 6.08 Å². The lowest BCUT2D eigenvalue weighted by Gasteiger charge is -2.30. The zero-order valence-electron chi connectivity index (χ0n) is 9.36. The quantitative estimate of drug-likeness (QED) is 0.459. The minimum Gasteiger partial charge on any atom is -0.396 e. The van der Waals surface area contributed by atoms with Crippen LogP contribution in [0.2, 0.25) is 0 Å². The van der Waals surface area contributed by atoms with Gasteiger partial charge in [-0.3, -0.25) is 4.79 Å². The van der Waals surface area contributed by atoms with Gasteiger partial charge in [0.05, 0.1) is 10.7 Å². The molecule has 0 aliphatic carbocycles. The smallest absolute Gasteiger partial charge is 0.165 e. The average molecular weight is 245 g/mol. The number of carbonyl (C=O) groups excluding carboxylic acids is 1. The molecule has 2 N–H and O–H groups in total. The van der Waals surface area contributed by atoms with E-state index >= 15 is 0 Å². The molecule has 1 aliphatic rings. The highest BCUT2D eigenvalue weighted by Gasteiger charge is 2.16. The predicted octanol–water partition coefficient (Wildman–Crippen LogP) is 1.22. The number of hydrogen-bond donors (Lipinski definition) is 1. The molecule has 0 amide bonds. The molecule has 4 nitrogen and oxygen atoms in total. The zero-order chi connectivity index (χ0) is 12.0. The Morgan fingerprint density at radius 2 is 2.12 bits per heavy atom. The van der Waals surface area contributed by atoms with Gasteiger partial charge in [0.25, 0.3) is 0 Å². The Labute approximate surface area is 101 Å². The van der Waals surface area contributed by atoms with Gasteiger partial charge in [-0.15, -0.1) is 0 Å². The summed E-state index contributed by atoms with van der Waals surface area (Å²) in [5.74, 6) is 0. The standard InChI is InChI=1S/C11H17ClN2O2/c1-14(11-2-4-16-5-3-11)7-9(12)6-10(13)8-15/h6-8,11H,2-5,13H2,1H3/b9-7+,10-6+. The van der Waals surface area contributed by atoms with Crippen molar-refractivity contribution in [1.29, 1.82) is 0 Å². The SMILES string of the molecule is CN(/C=C(Cl)\C=C(\N)C=O)C1CCOCC1. The maximum absolute atomic E-state index is 10.3. The van der Waals surface area contributed by atoms with Gasteiger partial charge in [-0.05, 0) is 18.9 Å². The Hall–Kier alpha value is -1.00. The van der Waals surface area contributed by atoms with E-state index in [1.807, 2.05) is 11.9 Å². The molecule has 0 aromatic carbocycles. The fourth-order valence-corrected chi connectivity index (χ4v) is 1.90. The van der Waals surface area contributed by atoms with E-state index in [0.29, 0.717) is 17.4 Å². The van der Waals surface area contributed by atoms with Crippen LogP contribution in [0.25, 0.3) is 0 Å². The molecule has 0 bridgehead atoms. The van der Waals surface area contributed by atoms with Crippen LogP contribution in [0.1, 0.15) is 12.8 Å². The molecule has 1 aliphatic heterocycles. The second kappa shape index (κ2) is 6.55. The molecule has 16 heavy (non-hydrogen) atoms. The summed E-state index contributed by atoms with van der Waals surface area (Å²) in [5.41, 5.74) is 5.48. The highest BCUT2D eigenvalue weighted by atomic mass is 35.5. The Kier molecular flexibility index (Phi) is 5.35. The normalized spacial score (nSPS) is 19.6. The summed E-state index contributed by atoms with van der Waals surface area (Å²) in [7, 11) is 1.96.